The highest BCUT2D eigenvalue weighted by atomic mass is 32.1. The van der Waals surface area contributed by atoms with E-state index in [0.29, 0.717) is 17.9 Å². The zero-order valence-corrected chi connectivity index (χ0v) is 18.4. The van der Waals surface area contributed by atoms with Gasteiger partial charge in [0.2, 0.25) is 0 Å². The van der Waals surface area contributed by atoms with E-state index >= 15 is 0 Å². The van der Waals surface area contributed by atoms with Gasteiger partial charge in [-0.15, -0.1) is 0 Å². The SMILES string of the molecule is CCCCCCc1ccc(O)cc1OC(=O)C(C)(C)CC(C)(C)/C=C\CS. The Hall–Kier alpha value is -1.42. The van der Waals surface area contributed by atoms with Crippen molar-refractivity contribution in [1.29, 1.82) is 0 Å². The van der Waals surface area contributed by atoms with Gasteiger partial charge in [-0.2, -0.15) is 12.6 Å². The highest BCUT2D eigenvalue weighted by molar-refractivity contribution is 7.80. The summed E-state index contributed by atoms with van der Waals surface area (Å²) in [6.45, 7) is 10.2. The molecule has 0 saturated carbocycles. The number of carbonyl (C=O) groups excluding carboxylic acids is 1. The quantitative estimate of drug-likeness (QED) is 0.152. The first kappa shape index (κ1) is 23.6. The number of allylic oxidation sites excluding steroid dienone is 1. The topological polar surface area (TPSA) is 46.5 Å². The molecule has 0 spiro atoms. The van der Waals surface area contributed by atoms with Gasteiger partial charge in [-0.05, 0) is 50.2 Å². The molecule has 27 heavy (non-hydrogen) atoms. The molecule has 1 aromatic carbocycles. The van der Waals surface area contributed by atoms with Gasteiger partial charge in [0.25, 0.3) is 0 Å². The number of unbranched alkanes of at least 4 members (excludes halogenated alkanes) is 3. The molecule has 0 radical (unpaired) electrons. The molecule has 0 aliphatic heterocycles. The third kappa shape index (κ3) is 8.42. The van der Waals surface area contributed by atoms with E-state index in [0.717, 1.165) is 24.8 Å². The van der Waals surface area contributed by atoms with Crippen LogP contribution in [0, 0.1) is 10.8 Å². The zero-order valence-electron chi connectivity index (χ0n) is 17.5. The molecule has 1 N–H and O–H groups in total. The van der Waals surface area contributed by atoms with Crippen molar-refractivity contribution in [2.75, 3.05) is 5.75 Å². The smallest absolute Gasteiger partial charge is 0.316 e. The van der Waals surface area contributed by atoms with Gasteiger partial charge in [0.05, 0.1) is 5.41 Å². The molecule has 0 bridgehead atoms. The number of phenols is 1. The number of aryl methyl sites for hydroxylation is 1. The summed E-state index contributed by atoms with van der Waals surface area (Å²) < 4.78 is 5.76. The lowest BCUT2D eigenvalue weighted by Crippen LogP contribution is -2.33. The second-order valence-corrected chi connectivity index (χ2v) is 8.99. The summed E-state index contributed by atoms with van der Waals surface area (Å²) in [6, 6.07) is 5.06. The number of hydrogen-bond acceptors (Lipinski definition) is 4. The van der Waals surface area contributed by atoms with E-state index in [4.69, 9.17) is 4.74 Å². The first-order valence-electron chi connectivity index (χ1n) is 9.94. The van der Waals surface area contributed by atoms with Crippen LogP contribution in [0.1, 0.15) is 72.3 Å². The summed E-state index contributed by atoms with van der Waals surface area (Å²) in [5, 5.41) is 9.84. The van der Waals surface area contributed by atoms with Gasteiger partial charge >= 0.3 is 5.97 Å². The third-order valence-electron chi connectivity index (χ3n) is 4.68. The van der Waals surface area contributed by atoms with Crippen molar-refractivity contribution in [2.24, 2.45) is 10.8 Å². The first-order chi connectivity index (χ1) is 12.6. The molecule has 0 aliphatic carbocycles. The number of esters is 1. The van der Waals surface area contributed by atoms with E-state index < -0.39 is 5.41 Å². The van der Waals surface area contributed by atoms with E-state index in [1.54, 1.807) is 12.1 Å². The Balaban J connectivity index is 2.87. The molecule has 1 rings (SSSR count). The number of carbonyl (C=O) groups is 1. The van der Waals surface area contributed by atoms with E-state index in [1.165, 1.54) is 12.8 Å². The van der Waals surface area contributed by atoms with Crippen LogP contribution in [-0.2, 0) is 11.2 Å². The van der Waals surface area contributed by atoms with E-state index in [-0.39, 0.29) is 17.1 Å². The second-order valence-electron chi connectivity index (χ2n) is 8.63. The van der Waals surface area contributed by atoms with Crippen LogP contribution >= 0.6 is 12.6 Å². The summed E-state index contributed by atoms with van der Waals surface area (Å²) >= 11 is 4.21. The van der Waals surface area contributed by atoms with Crippen LogP contribution in [0.25, 0.3) is 0 Å². The van der Waals surface area contributed by atoms with Gasteiger partial charge in [0, 0.05) is 11.8 Å². The summed E-state index contributed by atoms with van der Waals surface area (Å²) in [5.41, 5.74) is 0.199. The number of benzene rings is 1. The zero-order chi connectivity index (χ0) is 20.5. The van der Waals surface area contributed by atoms with Crippen LogP contribution in [0.2, 0.25) is 0 Å². The van der Waals surface area contributed by atoms with Crippen molar-refractivity contribution >= 4 is 18.6 Å². The average Bonchev–Trinajstić information content (AvgIpc) is 2.57. The molecule has 1 aromatic rings. The minimum absolute atomic E-state index is 0.116. The Morgan fingerprint density at radius 2 is 1.89 bits per heavy atom. The van der Waals surface area contributed by atoms with Gasteiger partial charge in [0.1, 0.15) is 11.5 Å². The summed E-state index contributed by atoms with van der Waals surface area (Å²) in [5.74, 6) is 1.01. The number of ether oxygens (including phenoxy) is 1. The van der Waals surface area contributed by atoms with Gasteiger partial charge in [0.15, 0.2) is 0 Å². The fraction of sp³-hybridized carbons (Fsp3) is 0.609. The maximum absolute atomic E-state index is 12.9. The van der Waals surface area contributed by atoms with Crippen molar-refractivity contribution in [1.82, 2.24) is 0 Å². The molecule has 0 fully saturated rings. The minimum Gasteiger partial charge on any atom is -0.508 e. The maximum Gasteiger partial charge on any atom is 0.316 e. The van der Waals surface area contributed by atoms with Gasteiger partial charge < -0.3 is 9.84 Å². The molecule has 0 atom stereocenters. The van der Waals surface area contributed by atoms with E-state index in [9.17, 15) is 9.90 Å². The van der Waals surface area contributed by atoms with Gasteiger partial charge in [-0.3, -0.25) is 4.79 Å². The fourth-order valence-electron chi connectivity index (χ4n) is 3.47. The van der Waals surface area contributed by atoms with E-state index in [2.05, 4.69) is 39.5 Å². The maximum atomic E-state index is 12.9. The average molecular weight is 393 g/mol. The molecule has 0 unspecified atom stereocenters. The molecule has 0 heterocycles. The fourth-order valence-corrected chi connectivity index (χ4v) is 3.57. The van der Waals surface area contributed by atoms with Crippen LogP contribution in [0.4, 0.5) is 0 Å². The standard InChI is InChI=1S/C23H36O3S/c1-6-7-8-9-11-18-12-13-19(24)16-20(18)26-21(25)23(4,5)17-22(2,3)14-10-15-27/h10,12-14,16,24,27H,6-9,11,15,17H2,1-5H3/b14-10-. The van der Waals surface area contributed by atoms with Crippen molar-refractivity contribution in [2.45, 2.75) is 73.1 Å². The highest BCUT2D eigenvalue weighted by Gasteiger charge is 2.35. The predicted octanol–water partition coefficient (Wildman–Crippen LogP) is 6.35. The number of thiol groups is 1. The van der Waals surface area contributed by atoms with Gasteiger partial charge in [-0.25, -0.2) is 0 Å². The number of phenolic OH excluding ortho intramolecular Hbond substituents is 1. The Morgan fingerprint density at radius 1 is 1.19 bits per heavy atom. The monoisotopic (exact) mass is 392 g/mol. The summed E-state index contributed by atoms with van der Waals surface area (Å²) in [4.78, 5) is 12.9. The normalized spacial score (nSPS) is 12.5. The van der Waals surface area contributed by atoms with Gasteiger partial charge in [-0.1, -0.05) is 58.3 Å². The largest absolute Gasteiger partial charge is 0.508 e. The van der Waals surface area contributed by atoms with Crippen LogP contribution in [0.15, 0.2) is 30.4 Å². The highest BCUT2D eigenvalue weighted by Crippen LogP contribution is 2.37. The lowest BCUT2D eigenvalue weighted by Gasteiger charge is -2.31. The molecule has 152 valence electrons. The molecule has 3 nitrogen and oxygen atoms in total. The van der Waals surface area contributed by atoms with E-state index in [1.807, 2.05) is 26.0 Å². The summed E-state index contributed by atoms with van der Waals surface area (Å²) in [7, 11) is 0. The van der Waals surface area contributed by atoms with Crippen LogP contribution in [-0.4, -0.2) is 16.8 Å². The molecular formula is C23H36O3S. The number of rotatable bonds is 11. The van der Waals surface area contributed by atoms with Crippen molar-refractivity contribution in [3.63, 3.8) is 0 Å². The predicted molar refractivity (Wildman–Crippen MR) is 117 cm³/mol. The number of hydrogen-bond donors (Lipinski definition) is 2. The molecule has 4 heteroatoms. The molecular weight excluding hydrogens is 356 g/mol. The Morgan fingerprint density at radius 3 is 2.52 bits per heavy atom. The Labute approximate surface area is 170 Å². The lowest BCUT2D eigenvalue weighted by atomic mass is 9.75. The summed E-state index contributed by atoms with van der Waals surface area (Å²) in [6.07, 6.45) is 10.2. The Bertz CT molecular complexity index is 633. The van der Waals surface area contributed by atoms with Crippen LogP contribution < -0.4 is 4.74 Å². The molecule has 0 saturated heterocycles. The van der Waals surface area contributed by atoms with Crippen molar-refractivity contribution in [3.8, 4) is 11.5 Å². The number of aromatic hydroxyl groups is 1. The lowest BCUT2D eigenvalue weighted by molar-refractivity contribution is -0.145. The minimum atomic E-state index is -0.643. The second kappa shape index (κ2) is 10.8. The van der Waals surface area contributed by atoms with Crippen molar-refractivity contribution in [3.05, 3.63) is 35.9 Å². The third-order valence-corrected chi connectivity index (χ3v) is 4.89. The van der Waals surface area contributed by atoms with Crippen molar-refractivity contribution < 1.29 is 14.6 Å². The molecule has 0 aliphatic rings. The first-order valence-corrected chi connectivity index (χ1v) is 10.6. The molecule has 0 aromatic heterocycles. The van der Waals surface area contributed by atoms with Crippen LogP contribution in [0.5, 0.6) is 11.5 Å². The molecule has 0 amide bonds. The Kier molecular flexibility index (Phi) is 9.44. The van der Waals surface area contributed by atoms with Crippen LogP contribution in [0.3, 0.4) is 0 Å².